The normalized spacial score (nSPS) is 19.1. The first-order valence-electron chi connectivity index (χ1n) is 9.78. The third-order valence-electron chi connectivity index (χ3n) is 5.59. The number of nitrogens with one attached hydrogen (secondary N) is 1. The SMILES string of the molecule is N#Cc1cc(F)ccc1N1CCC(CNC(=O)[C@H](O)[C@@H](O)C(=O)N2CCC2)CC1. The van der Waals surface area contributed by atoms with Crippen LogP contribution in [0.25, 0.3) is 0 Å². The second-order valence-corrected chi connectivity index (χ2v) is 7.52. The molecular formula is C20H25FN4O4. The maximum absolute atomic E-state index is 13.3. The molecule has 0 unspecified atom stereocenters. The monoisotopic (exact) mass is 404 g/mol. The Morgan fingerprint density at radius 1 is 1.21 bits per heavy atom. The van der Waals surface area contributed by atoms with Crippen molar-refractivity contribution in [2.45, 2.75) is 31.5 Å². The average molecular weight is 404 g/mol. The van der Waals surface area contributed by atoms with Crippen molar-refractivity contribution >= 4 is 17.5 Å². The van der Waals surface area contributed by atoms with Crippen LogP contribution in [0.4, 0.5) is 10.1 Å². The molecule has 156 valence electrons. The minimum atomic E-state index is -1.79. The molecule has 9 heteroatoms. The number of hydrogen-bond acceptors (Lipinski definition) is 6. The Bertz CT molecular complexity index is 800. The highest BCUT2D eigenvalue weighted by atomic mass is 19.1. The Labute approximate surface area is 168 Å². The summed E-state index contributed by atoms with van der Waals surface area (Å²) in [6.45, 7) is 2.69. The number of halogens is 1. The second-order valence-electron chi connectivity index (χ2n) is 7.52. The lowest BCUT2D eigenvalue weighted by Crippen LogP contribution is -2.54. The molecule has 8 nitrogen and oxygen atoms in total. The van der Waals surface area contributed by atoms with Crippen LogP contribution >= 0.6 is 0 Å². The third-order valence-corrected chi connectivity index (χ3v) is 5.59. The van der Waals surface area contributed by atoms with Crippen LogP contribution in [0.5, 0.6) is 0 Å². The summed E-state index contributed by atoms with van der Waals surface area (Å²) in [5, 5.41) is 31.6. The standard InChI is InChI=1S/C20H25FN4O4/c21-15-2-3-16(14(10-15)11-22)24-8-4-13(5-9-24)12-23-19(28)17(26)18(27)20(29)25-6-1-7-25/h2-3,10,13,17-18,26-27H,1,4-9,12H2,(H,23,28)/t17-,18-/m1/s1. The van der Waals surface area contributed by atoms with Crippen molar-refractivity contribution in [3.05, 3.63) is 29.6 Å². The van der Waals surface area contributed by atoms with Crippen LogP contribution in [0.1, 0.15) is 24.8 Å². The number of carbonyl (C=O) groups excluding carboxylic acids is 2. The molecule has 2 saturated heterocycles. The van der Waals surface area contributed by atoms with E-state index in [-0.39, 0.29) is 5.92 Å². The number of aliphatic hydroxyl groups is 2. The molecule has 1 aromatic carbocycles. The van der Waals surface area contributed by atoms with Gasteiger partial charge in [-0.2, -0.15) is 5.26 Å². The zero-order valence-electron chi connectivity index (χ0n) is 16.1. The lowest BCUT2D eigenvalue weighted by atomic mass is 9.95. The quantitative estimate of drug-likeness (QED) is 0.614. The van der Waals surface area contributed by atoms with E-state index >= 15 is 0 Å². The molecule has 2 atom stereocenters. The summed E-state index contributed by atoms with van der Waals surface area (Å²) in [7, 11) is 0. The largest absolute Gasteiger partial charge is 0.380 e. The predicted molar refractivity (Wildman–Crippen MR) is 102 cm³/mol. The molecule has 1 aromatic rings. The van der Waals surface area contributed by atoms with Crippen LogP contribution < -0.4 is 10.2 Å². The molecule has 0 aromatic heterocycles. The molecule has 29 heavy (non-hydrogen) atoms. The molecule has 2 aliphatic rings. The van der Waals surface area contributed by atoms with Gasteiger partial charge in [-0.3, -0.25) is 9.59 Å². The molecule has 0 bridgehead atoms. The highest BCUT2D eigenvalue weighted by molar-refractivity contribution is 5.90. The molecule has 0 aliphatic carbocycles. The number of likely N-dealkylation sites (tertiary alicyclic amines) is 1. The number of amides is 2. The van der Waals surface area contributed by atoms with Crippen LogP contribution in [0.15, 0.2) is 18.2 Å². The van der Waals surface area contributed by atoms with E-state index in [9.17, 15) is 29.5 Å². The summed E-state index contributed by atoms with van der Waals surface area (Å²) in [5.74, 6) is -1.67. The van der Waals surface area contributed by atoms with Gasteiger partial charge in [-0.25, -0.2) is 4.39 Å². The Hall–Kier alpha value is -2.70. The zero-order valence-corrected chi connectivity index (χ0v) is 16.1. The summed E-state index contributed by atoms with van der Waals surface area (Å²) < 4.78 is 13.3. The smallest absolute Gasteiger partial charge is 0.254 e. The average Bonchev–Trinajstić information content (AvgIpc) is 2.69. The van der Waals surface area contributed by atoms with Gasteiger partial charge in [0.05, 0.1) is 11.3 Å². The summed E-state index contributed by atoms with van der Waals surface area (Å²) in [5.41, 5.74) is 0.986. The van der Waals surface area contributed by atoms with Gasteiger partial charge in [-0.1, -0.05) is 0 Å². The number of hydrogen-bond donors (Lipinski definition) is 3. The van der Waals surface area contributed by atoms with Gasteiger partial charge >= 0.3 is 0 Å². The lowest BCUT2D eigenvalue weighted by Gasteiger charge is -2.35. The van der Waals surface area contributed by atoms with Gasteiger partial charge in [0.15, 0.2) is 12.2 Å². The number of rotatable bonds is 6. The van der Waals surface area contributed by atoms with E-state index in [4.69, 9.17) is 0 Å². The van der Waals surface area contributed by atoms with Gasteiger partial charge in [0, 0.05) is 32.7 Å². The number of nitriles is 1. The van der Waals surface area contributed by atoms with Crippen molar-refractivity contribution in [2.24, 2.45) is 5.92 Å². The highest BCUT2D eigenvalue weighted by Gasteiger charge is 2.35. The molecule has 2 aliphatic heterocycles. The fourth-order valence-electron chi connectivity index (χ4n) is 3.60. The van der Waals surface area contributed by atoms with E-state index in [1.165, 1.54) is 17.0 Å². The molecule has 0 radical (unpaired) electrons. The molecular weight excluding hydrogens is 379 g/mol. The van der Waals surface area contributed by atoms with E-state index in [1.54, 1.807) is 6.07 Å². The minimum absolute atomic E-state index is 0.164. The van der Waals surface area contributed by atoms with Crippen LogP contribution in [0.2, 0.25) is 0 Å². The first-order valence-corrected chi connectivity index (χ1v) is 9.78. The Kier molecular flexibility index (Phi) is 6.67. The van der Waals surface area contributed by atoms with E-state index < -0.39 is 29.8 Å². The summed E-state index contributed by atoms with van der Waals surface area (Å²) in [6.07, 6.45) is -1.20. The zero-order chi connectivity index (χ0) is 21.0. The fraction of sp³-hybridized carbons (Fsp3) is 0.550. The molecule has 3 rings (SSSR count). The predicted octanol–water partition coefficient (Wildman–Crippen LogP) is -0.0159. The first-order chi connectivity index (χ1) is 13.9. The maximum Gasteiger partial charge on any atom is 0.254 e. The van der Waals surface area contributed by atoms with E-state index in [2.05, 4.69) is 5.32 Å². The van der Waals surface area contributed by atoms with Gasteiger partial charge < -0.3 is 25.3 Å². The maximum atomic E-state index is 13.3. The Balaban J connectivity index is 1.45. The number of piperidine rings is 1. The minimum Gasteiger partial charge on any atom is -0.380 e. The Morgan fingerprint density at radius 2 is 1.90 bits per heavy atom. The third kappa shape index (κ3) is 4.83. The molecule has 2 fully saturated rings. The second kappa shape index (κ2) is 9.20. The van der Waals surface area contributed by atoms with Gasteiger partial charge in [0.2, 0.25) is 0 Å². The van der Waals surface area contributed by atoms with Gasteiger partial charge in [0.1, 0.15) is 11.9 Å². The van der Waals surface area contributed by atoms with Gasteiger partial charge in [-0.15, -0.1) is 0 Å². The number of carbonyl (C=O) groups is 2. The van der Waals surface area contributed by atoms with Gasteiger partial charge in [0.25, 0.3) is 11.8 Å². The van der Waals surface area contributed by atoms with E-state index in [0.717, 1.165) is 19.3 Å². The molecule has 2 amide bonds. The van der Waals surface area contributed by atoms with Crippen molar-refractivity contribution < 1.29 is 24.2 Å². The van der Waals surface area contributed by atoms with Crippen molar-refractivity contribution in [3.8, 4) is 6.07 Å². The number of anilines is 1. The topological polar surface area (TPSA) is 117 Å². The molecule has 2 heterocycles. The summed E-state index contributed by atoms with van der Waals surface area (Å²) in [4.78, 5) is 27.4. The van der Waals surface area contributed by atoms with Gasteiger partial charge in [-0.05, 0) is 43.4 Å². The molecule has 3 N–H and O–H groups in total. The molecule has 0 spiro atoms. The van der Waals surface area contributed by atoms with Crippen LogP contribution in [0, 0.1) is 23.1 Å². The van der Waals surface area contributed by atoms with Crippen molar-refractivity contribution in [1.29, 1.82) is 5.26 Å². The fourth-order valence-corrected chi connectivity index (χ4v) is 3.60. The first kappa shape index (κ1) is 21.0. The number of nitrogens with zero attached hydrogens (tertiary/aromatic N) is 3. The molecule has 0 saturated carbocycles. The highest BCUT2D eigenvalue weighted by Crippen LogP contribution is 2.26. The van der Waals surface area contributed by atoms with Crippen molar-refractivity contribution in [3.63, 3.8) is 0 Å². The number of benzene rings is 1. The number of aliphatic hydroxyl groups excluding tert-OH is 2. The summed E-state index contributed by atoms with van der Waals surface area (Å²) in [6, 6.07) is 6.16. The summed E-state index contributed by atoms with van der Waals surface area (Å²) >= 11 is 0. The Morgan fingerprint density at radius 3 is 2.48 bits per heavy atom. The van der Waals surface area contributed by atoms with Crippen molar-refractivity contribution in [2.75, 3.05) is 37.6 Å². The van der Waals surface area contributed by atoms with E-state index in [1.807, 2.05) is 11.0 Å². The van der Waals surface area contributed by atoms with Crippen LogP contribution in [-0.2, 0) is 9.59 Å². The van der Waals surface area contributed by atoms with Crippen molar-refractivity contribution in [1.82, 2.24) is 10.2 Å². The van der Waals surface area contributed by atoms with Crippen LogP contribution in [-0.4, -0.2) is 71.9 Å². The van der Waals surface area contributed by atoms with Crippen LogP contribution in [0.3, 0.4) is 0 Å². The lowest BCUT2D eigenvalue weighted by molar-refractivity contribution is -0.155. The van der Waals surface area contributed by atoms with E-state index in [0.29, 0.717) is 44.0 Å².